The monoisotopic (exact) mass is 547 g/mol. The molecule has 3 rings (SSSR count). The lowest BCUT2D eigenvalue weighted by Gasteiger charge is -2.28. The van der Waals surface area contributed by atoms with Crippen LogP contribution in [-0.2, 0) is 28.7 Å². The molecule has 3 aromatic rings. The lowest BCUT2D eigenvalue weighted by atomic mass is 10.0. The van der Waals surface area contributed by atoms with Crippen LogP contribution < -0.4 is 11.1 Å². The Hall–Kier alpha value is -3.14. The predicted molar refractivity (Wildman–Crippen MR) is 140 cm³/mol. The van der Waals surface area contributed by atoms with Crippen LogP contribution in [0, 0.1) is 11.6 Å². The van der Waals surface area contributed by atoms with Crippen molar-refractivity contribution in [1.82, 2.24) is 9.62 Å². The summed E-state index contributed by atoms with van der Waals surface area (Å²) in [6.07, 6.45) is 0.793. The minimum absolute atomic E-state index is 0.101. The van der Waals surface area contributed by atoms with Gasteiger partial charge in [0.1, 0.15) is 28.7 Å². The molecule has 2 unspecified atom stereocenters. The van der Waals surface area contributed by atoms with Gasteiger partial charge in [-0.3, -0.25) is 9.59 Å². The molecule has 0 aliphatic carbocycles. The molecule has 0 aliphatic rings. The molecule has 0 heterocycles. The summed E-state index contributed by atoms with van der Waals surface area (Å²) >= 11 is 5.98. The summed E-state index contributed by atoms with van der Waals surface area (Å²) in [5.74, 6) is -2.22. The normalized spacial score (nSPS) is 12.8. The third-order valence-electron chi connectivity index (χ3n) is 5.73. The van der Waals surface area contributed by atoms with Gasteiger partial charge in [-0.25, -0.2) is 17.3 Å². The van der Waals surface area contributed by atoms with E-state index in [2.05, 4.69) is 5.32 Å². The van der Waals surface area contributed by atoms with E-state index >= 15 is 0 Å². The van der Waals surface area contributed by atoms with Crippen molar-refractivity contribution in [2.24, 2.45) is 5.73 Å². The highest BCUT2D eigenvalue weighted by Crippen LogP contribution is 2.23. The average molecular weight is 548 g/mol. The summed E-state index contributed by atoms with van der Waals surface area (Å²) in [5, 5.41) is 3.20. The fourth-order valence-corrected chi connectivity index (χ4v) is 5.29. The molecular formula is C27H28ClF2N3O3S. The summed E-state index contributed by atoms with van der Waals surface area (Å²) in [5.41, 5.74) is 7.25. The van der Waals surface area contributed by atoms with Crippen LogP contribution in [0.4, 0.5) is 8.78 Å². The van der Waals surface area contributed by atoms with E-state index in [0.717, 1.165) is 6.07 Å². The van der Waals surface area contributed by atoms with Crippen molar-refractivity contribution in [3.05, 3.63) is 100 Å². The van der Waals surface area contributed by atoms with Gasteiger partial charge in [0.05, 0.1) is 4.90 Å². The molecule has 3 aromatic carbocycles. The third kappa shape index (κ3) is 7.92. The number of carbonyl (C=O) groups excluding carboxylic acids is 2. The molecule has 0 radical (unpaired) electrons. The zero-order chi connectivity index (χ0) is 26.9. The van der Waals surface area contributed by atoms with Crippen LogP contribution in [0.15, 0.2) is 71.6 Å². The number of primary amides is 1. The van der Waals surface area contributed by atoms with Crippen molar-refractivity contribution in [2.45, 2.75) is 43.7 Å². The molecule has 0 spiro atoms. The number of carbonyl (C=O) groups is 2. The molecular weight excluding hydrogens is 520 g/mol. The number of benzene rings is 3. The van der Waals surface area contributed by atoms with E-state index in [-0.39, 0.29) is 25.3 Å². The van der Waals surface area contributed by atoms with E-state index in [1.54, 1.807) is 48.5 Å². The minimum Gasteiger partial charge on any atom is -0.368 e. The van der Waals surface area contributed by atoms with Crippen LogP contribution in [0.3, 0.4) is 0 Å². The van der Waals surface area contributed by atoms with E-state index < -0.39 is 34.6 Å². The molecule has 0 saturated heterocycles. The molecule has 0 saturated carbocycles. The lowest BCUT2D eigenvalue weighted by molar-refractivity contribution is -0.122. The second-order valence-electron chi connectivity index (χ2n) is 8.38. The Morgan fingerprint density at radius 2 is 1.73 bits per heavy atom. The summed E-state index contributed by atoms with van der Waals surface area (Å²) in [7, 11) is -1.78. The lowest BCUT2D eigenvalue weighted by Crippen LogP contribution is -2.45. The number of aryl methyl sites for hydroxylation is 1. The molecule has 0 fully saturated rings. The van der Waals surface area contributed by atoms with Crippen LogP contribution in [0.25, 0.3) is 0 Å². The van der Waals surface area contributed by atoms with Gasteiger partial charge >= 0.3 is 0 Å². The van der Waals surface area contributed by atoms with Gasteiger partial charge < -0.3 is 11.1 Å². The van der Waals surface area contributed by atoms with Gasteiger partial charge in [-0.15, -0.1) is 0 Å². The number of rotatable bonds is 12. The van der Waals surface area contributed by atoms with Crippen molar-refractivity contribution in [3.8, 4) is 0 Å². The minimum atomic E-state index is -1.78. The predicted octanol–water partition coefficient (Wildman–Crippen LogP) is 4.77. The smallest absolute Gasteiger partial charge is 0.251 e. The van der Waals surface area contributed by atoms with Gasteiger partial charge in [0.2, 0.25) is 5.91 Å². The Labute approximate surface area is 222 Å². The number of nitrogens with two attached hydrogens (primary N) is 1. The second-order valence-corrected chi connectivity index (χ2v) is 10.3. The van der Waals surface area contributed by atoms with Crippen LogP contribution >= 0.6 is 11.6 Å². The SMILES string of the molecule is CCNC(=O)c1ccc(CN(C(CCCc2ccc(F)cc2F)C(N)=O)S(=O)c2ccc(Cl)cc2)cc1. The highest BCUT2D eigenvalue weighted by atomic mass is 35.5. The molecule has 3 N–H and O–H groups in total. The van der Waals surface area contributed by atoms with Gasteiger partial charge in [0.15, 0.2) is 0 Å². The number of hydrogen-bond acceptors (Lipinski definition) is 3. The van der Waals surface area contributed by atoms with Gasteiger partial charge in [0, 0.05) is 29.7 Å². The summed E-state index contributed by atoms with van der Waals surface area (Å²) in [6.45, 7) is 2.42. The summed E-state index contributed by atoms with van der Waals surface area (Å²) in [6, 6.07) is 15.6. The fraction of sp³-hybridized carbons (Fsp3) is 0.259. The Kier molecular flexibility index (Phi) is 10.3. The Bertz CT molecular complexity index is 1260. The largest absolute Gasteiger partial charge is 0.368 e. The van der Waals surface area contributed by atoms with E-state index in [0.29, 0.717) is 39.6 Å². The van der Waals surface area contributed by atoms with Gasteiger partial charge in [-0.1, -0.05) is 29.8 Å². The molecule has 196 valence electrons. The first kappa shape index (κ1) is 28.4. The molecule has 6 nitrogen and oxygen atoms in total. The average Bonchev–Trinajstić information content (AvgIpc) is 2.87. The van der Waals surface area contributed by atoms with Crippen molar-refractivity contribution >= 4 is 34.4 Å². The Morgan fingerprint density at radius 1 is 1.05 bits per heavy atom. The van der Waals surface area contributed by atoms with Crippen LogP contribution in [0.1, 0.15) is 41.3 Å². The van der Waals surface area contributed by atoms with E-state index in [9.17, 15) is 22.6 Å². The Morgan fingerprint density at radius 3 is 2.32 bits per heavy atom. The maximum atomic E-state index is 14.1. The molecule has 0 bridgehead atoms. The summed E-state index contributed by atoms with van der Waals surface area (Å²) < 4.78 is 42.4. The van der Waals surface area contributed by atoms with Crippen molar-refractivity contribution < 1.29 is 22.6 Å². The van der Waals surface area contributed by atoms with Crippen molar-refractivity contribution in [1.29, 1.82) is 0 Å². The van der Waals surface area contributed by atoms with Crippen molar-refractivity contribution in [2.75, 3.05) is 6.54 Å². The highest BCUT2D eigenvalue weighted by Gasteiger charge is 2.29. The van der Waals surface area contributed by atoms with E-state index in [4.69, 9.17) is 17.3 Å². The fourth-order valence-electron chi connectivity index (χ4n) is 3.81. The van der Waals surface area contributed by atoms with Crippen LogP contribution in [0.2, 0.25) is 5.02 Å². The zero-order valence-electron chi connectivity index (χ0n) is 20.3. The molecule has 2 amide bonds. The number of halogens is 3. The van der Waals surface area contributed by atoms with Crippen LogP contribution in [0.5, 0.6) is 0 Å². The van der Waals surface area contributed by atoms with Gasteiger partial charge in [-0.2, -0.15) is 0 Å². The standard InChI is InChI=1S/C27H28ClF2N3O3S/c1-2-32-27(35)20-8-6-18(7-9-20)17-33(37(36)23-14-11-21(28)12-15-23)25(26(31)34)5-3-4-19-10-13-22(29)16-24(19)30/h6-16,25H,2-5,17H2,1H3,(H2,31,34)(H,32,35). The topological polar surface area (TPSA) is 92.5 Å². The number of nitrogens with one attached hydrogen (secondary N) is 1. The van der Waals surface area contributed by atoms with Crippen molar-refractivity contribution in [3.63, 3.8) is 0 Å². The number of nitrogens with zero attached hydrogens (tertiary/aromatic N) is 1. The number of amides is 2. The molecule has 37 heavy (non-hydrogen) atoms. The molecule has 0 aromatic heterocycles. The van der Waals surface area contributed by atoms with E-state index in [1.807, 2.05) is 6.92 Å². The van der Waals surface area contributed by atoms with E-state index in [1.165, 1.54) is 16.4 Å². The van der Waals surface area contributed by atoms with Gasteiger partial charge in [-0.05, 0) is 79.8 Å². The van der Waals surface area contributed by atoms with Gasteiger partial charge in [0.25, 0.3) is 5.91 Å². The maximum absolute atomic E-state index is 14.1. The zero-order valence-corrected chi connectivity index (χ0v) is 21.8. The quantitative estimate of drug-likeness (QED) is 0.342. The summed E-state index contributed by atoms with van der Waals surface area (Å²) in [4.78, 5) is 25.1. The first-order valence-corrected chi connectivity index (χ1v) is 13.2. The van der Waals surface area contributed by atoms with Crippen LogP contribution in [-0.4, -0.2) is 32.9 Å². The highest BCUT2D eigenvalue weighted by molar-refractivity contribution is 7.82. The number of hydrogen-bond donors (Lipinski definition) is 2. The first-order valence-electron chi connectivity index (χ1n) is 11.7. The first-order chi connectivity index (χ1) is 17.7. The molecule has 2 atom stereocenters. The Balaban J connectivity index is 1.84. The maximum Gasteiger partial charge on any atom is 0.251 e. The third-order valence-corrected chi connectivity index (χ3v) is 7.47. The molecule has 10 heteroatoms. The molecule has 0 aliphatic heterocycles. The second kappa shape index (κ2) is 13.4.